The first-order chi connectivity index (χ1) is 9.81. The lowest BCUT2D eigenvalue weighted by atomic mass is 9.88. The van der Waals surface area contributed by atoms with Crippen LogP contribution in [0.4, 0.5) is 0 Å². The van der Waals surface area contributed by atoms with Gasteiger partial charge in [0, 0.05) is 25.7 Å². The number of rotatable bonds is 3. The third-order valence-corrected chi connectivity index (χ3v) is 4.08. The topological polar surface area (TPSA) is 29.3 Å². The normalized spacial score (nSPS) is 23.6. The van der Waals surface area contributed by atoms with Crippen molar-refractivity contribution in [3.05, 3.63) is 71.8 Å². The summed E-state index contributed by atoms with van der Waals surface area (Å²) in [6.07, 6.45) is 1.09. The van der Waals surface area contributed by atoms with Crippen molar-refractivity contribution in [2.75, 3.05) is 13.1 Å². The predicted octanol–water partition coefficient (Wildman–Crippen LogP) is 3.00. The zero-order valence-corrected chi connectivity index (χ0v) is 11.8. The summed E-state index contributed by atoms with van der Waals surface area (Å²) in [7, 11) is 0. The molecule has 0 spiro atoms. The first-order valence-corrected chi connectivity index (χ1v) is 7.38. The van der Waals surface area contributed by atoms with E-state index in [-0.39, 0.29) is 6.04 Å². The van der Waals surface area contributed by atoms with Gasteiger partial charge in [-0.15, -0.1) is 0 Å². The van der Waals surface area contributed by atoms with Gasteiger partial charge < -0.3 is 5.73 Å². The second-order valence-electron chi connectivity index (χ2n) is 5.78. The van der Waals surface area contributed by atoms with Crippen LogP contribution in [0, 0.1) is 0 Å². The lowest BCUT2D eigenvalue weighted by Gasteiger charge is -2.36. The molecule has 0 aromatic heterocycles. The van der Waals surface area contributed by atoms with Crippen LogP contribution >= 0.6 is 0 Å². The molecule has 0 aliphatic carbocycles. The quantitative estimate of drug-likeness (QED) is 0.925. The Balaban J connectivity index is 1.70. The molecule has 1 aliphatic heterocycles. The maximum Gasteiger partial charge on any atom is 0.0234 e. The van der Waals surface area contributed by atoms with Gasteiger partial charge in [0.1, 0.15) is 0 Å². The molecule has 104 valence electrons. The smallest absolute Gasteiger partial charge is 0.0234 e. The number of hydrogen-bond donors (Lipinski definition) is 1. The summed E-state index contributed by atoms with van der Waals surface area (Å²) >= 11 is 0. The van der Waals surface area contributed by atoms with Crippen LogP contribution in [-0.2, 0) is 6.54 Å². The van der Waals surface area contributed by atoms with Gasteiger partial charge in [-0.05, 0) is 23.5 Å². The molecule has 1 saturated heterocycles. The Kier molecular flexibility index (Phi) is 4.14. The molecule has 1 heterocycles. The van der Waals surface area contributed by atoms with E-state index in [1.54, 1.807) is 0 Å². The van der Waals surface area contributed by atoms with Crippen LogP contribution < -0.4 is 5.73 Å². The molecule has 2 nitrogen and oxygen atoms in total. The highest BCUT2D eigenvalue weighted by Gasteiger charge is 2.25. The largest absolute Gasteiger partial charge is 0.327 e. The summed E-state index contributed by atoms with van der Waals surface area (Å²) < 4.78 is 0. The van der Waals surface area contributed by atoms with Crippen molar-refractivity contribution in [3.63, 3.8) is 0 Å². The number of nitrogens with two attached hydrogens (primary N) is 1. The Labute approximate surface area is 121 Å². The van der Waals surface area contributed by atoms with Crippen LogP contribution in [0.2, 0.25) is 0 Å². The molecule has 3 rings (SSSR count). The van der Waals surface area contributed by atoms with Crippen LogP contribution in [0.3, 0.4) is 0 Å². The van der Waals surface area contributed by atoms with Gasteiger partial charge in [-0.1, -0.05) is 60.7 Å². The van der Waals surface area contributed by atoms with Crippen LogP contribution in [0.5, 0.6) is 0 Å². The van der Waals surface area contributed by atoms with Crippen molar-refractivity contribution in [1.82, 2.24) is 4.90 Å². The van der Waals surface area contributed by atoms with Crippen molar-refractivity contribution < 1.29 is 0 Å². The highest BCUT2D eigenvalue weighted by Crippen LogP contribution is 2.27. The van der Waals surface area contributed by atoms with Gasteiger partial charge in [0.15, 0.2) is 0 Å². The summed E-state index contributed by atoms with van der Waals surface area (Å²) in [5.41, 5.74) is 9.05. The number of likely N-dealkylation sites (tertiary alicyclic amines) is 1. The van der Waals surface area contributed by atoms with Crippen molar-refractivity contribution >= 4 is 0 Å². The van der Waals surface area contributed by atoms with E-state index < -0.39 is 0 Å². The van der Waals surface area contributed by atoms with Crippen LogP contribution in [0.25, 0.3) is 0 Å². The molecular weight excluding hydrogens is 244 g/mol. The van der Waals surface area contributed by atoms with Gasteiger partial charge in [-0.25, -0.2) is 0 Å². The lowest BCUT2D eigenvalue weighted by Crippen LogP contribution is -2.45. The average molecular weight is 266 g/mol. The molecule has 0 radical (unpaired) electrons. The van der Waals surface area contributed by atoms with E-state index in [1.807, 2.05) is 0 Å². The number of piperidine rings is 1. The molecule has 1 fully saturated rings. The summed E-state index contributed by atoms with van der Waals surface area (Å²) in [4.78, 5) is 2.49. The highest BCUT2D eigenvalue weighted by molar-refractivity contribution is 5.21. The molecule has 2 unspecified atom stereocenters. The zero-order valence-electron chi connectivity index (χ0n) is 11.8. The fourth-order valence-corrected chi connectivity index (χ4v) is 3.17. The third-order valence-electron chi connectivity index (χ3n) is 4.08. The van der Waals surface area contributed by atoms with Crippen LogP contribution in [0.15, 0.2) is 60.7 Å². The average Bonchev–Trinajstić information content (AvgIpc) is 2.49. The second kappa shape index (κ2) is 6.21. The summed E-state index contributed by atoms with van der Waals surface area (Å²) in [5, 5.41) is 0. The van der Waals surface area contributed by atoms with Crippen molar-refractivity contribution in [2.24, 2.45) is 5.73 Å². The number of hydrogen-bond acceptors (Lipinski definition) is 2. The molecule has 2 aromatic rings. The molecule has 20 heavy (non-hydrogen) atoms. The predicted molar refractivity (Wildman–Crippen MR) is 83.5 cm³/mol. The van der Waals surface area contributed by atoms with E-state index in [0.29, 0.717) is 5.92 Å². The molecule has 0 saturated carbocycles. The Morgan fingerprint density at radius 1 is 0.900 bits per heavy atom. The number of nitrogens with zero attached hydrogens (tertiary/aromatic N) is 1. The summed E-state index contributed by atoms with van der Waals surface area (Å²) in [5.74, 6) is 0.559. The summed E-state index contributed by atoms with van der Waals surface area (Å²) in [6, 6.07) is 21.7. The molecule has 0 bridgehead atoms. The van der Waals surface area contributed by atoms with Crippen molar-refractivity contribution in [3.8, 4) is 0 Å². The maximum atomic E-state index is 6.26. The van der Waals surface area contributed by atoms with Gasteiger partial charge in [0.2, 0.25) is 0 Å². The minimum atomic E-state index is 0.276. The van der Waals surface area contributed by atoms with Gasteiger partial charge in [-0.3, -0.25) is 4.90 Å². The first-order valence-electron chi connectivity index (χ1n) is 7.38. The van der Waals surface area contributed by atoms with E-state index >= 15 is 0 Å². The van der Waals surface area contributed by atoms with Gasteiger partial charge in [0.25, 0.3) is 0 Å². The maximum absolute atomic E-state index is 6.26. The van der Waals surface area contributed by atoms with Gasteiger partial charge >= 0.3 is 0 Å². The van der Waals surface area contributed by atoms with E-state index in [0.717, 1.165) is 26.1 Å². The molecule has 2 aromatic carbocycles. The fourth-order valence-electron chi connectivity index (χ4n) is 3.17. The van der Waals surface area contributed by atoms with E-state index in [9.17, 15) is 0 Å². The van der Waals surface area contributed by atoms with Crippen LogP contribution in [0.1, 0.15) is 23.5 Å². The second-order valence-corrected chi connectivity index (χ2v) is 5.78. The molecule has 0 amide bonds. The Hall–Kier alpha value is -1.64. The molecule has 2 heteroatoms. The van der Waals surface area contributed by atoms with Gasteiger partial charge in [0.05, 0.1) is 0 Å². The Bertz CT molecular complexity index is 524. The molecule has 2 atom stereocenters. The molecule has 1 aliphatic rings. The SMILES string of the molecule is NC1CC(c2ccccc2)CN(Cc2ccccc2)C1. The standard InChI is InChI=1S/C18H22N2/c19-18-11-17(16-9-5-2-6-10-16)13-20(14-18)12-15-7-3-1-4-8-15/h1-10,17-18H,11-14,19H2. The van der Waals surface area contributed by atoms with Gasteiger partial charge in [-0.2, -0.15) is 0 Å². The minimum absolute atomic E-state index is 0.276. The molecule has 2 N–H and O–H groups in total. The number of benzene rings is 2. The Morgan fingerprint density at radius 2 is 1.55 bits per heavy atom. The van der Waals surface area contributed by atoms with Crippen molar-refractivity contribution in [2.45, 2.75) is 24.9 Å². The summed E-state index contributed by atoms with van der Waals surface area (Å²) in [6.45, 7) is 3.10. The Morgan fingerprint density at radius 3 is 2.25 bits per heavy atom. The third kappa shape index (κ3) is 3.27. The van der Waals surface area contributed by atoms with Crippen LogP contribution in [-0.4, -0.2) is 24.0 Å². The van der Waals surface area contributed by atoms with E-state index in [2.05, 4.69) is 65.6 Å². The highest BCUT2D eigenvalue weighted by atomic mass is 15.1. The van der Waals surface area contributed by atoms with E-state index in [1.165, 1.54) is 11.1 Å². The zero-order chi connectivity index (χ0) is 13.8. The lowest BCUT2D eigenvalue weighted by molar-refractivity contribution is 0.181. The monoisotopic (exact) mass is 266 g/mol. The molecular formula is C18H22N2. The minimum Gasteiger partial charge on any atom is -0.327 e. The first kappa shape index (κ1) is 13.3. The fraction of sp³-hybridized carbons (Fsp3) is 0.333. The van der Waals surface area contributed by atoms with E-state index in [4.69, 9.17) is 5.73 Å². The van der Waals surface area contributed by atoms with Crippen molar-refractivity contribution in [1.29, 1.82) is 0 Å².